The molecule has 2 heterocycles. The van der Waals surface area contributed by atoms with E-state index in [-0.39, 0.29) is 43.9 Å². The fraction of sp³-hybridized carbons (Fsp3) is 0.590. The van der Waals surface area contributed by atoms with Gasteiger partial charge < -0.3 is 50.7 Å². The minimum atomic E-state index is -1.03. The zero-order valence-electron chi connectivity index (χ0n) is 35.3. The van der Waals surface area contributed by atoms with Gasteiger partial charge in [-0.05, 0) is 49.0 Å². The van der Waals surface area contributed by atoms with E-state index in [1.165, 1.54) is 4.90 Å². The number of primary amides is 1. The van der Waals surface area contributed by atoms with Crippen molar-refractivity contribution in [3.63, 3.8) is 0 Å². The van der Waals surface area contributed by atoms with E-state index in [0.29, 0.717) is 43.9 Å². The fourth-order valence-electron chi connectivity index (χ4n) is 4.85. The molecule has 7 N–H and O–H groups in total. The molecule has 2 aliphatic heterocycles. The van der Waals surface area contributed by atoms with Gasteiger partial charge in [0.1, 0.15) is 18.4 Å². The molecule has 2 aliphatic rings. The normalized spacial score (nSPS) is 15.7. The van der Waals surface area contributed by atoms with Crippen LogP contribution in [0.4, 0.5) is 10.5 Å². The molecule has 3 unspecified atom stereocenters. The van der Waals surface area contributed by atoms with Crippen molar-refractivity contribution in [1.29, 1.82) is 0 Å². The van der Waals surface area contributed by atoms with Crippen molar-refractivity contribution < 1.29 is 52.4 Å². The van der Waals surface area contributed by atoms with Gasteiger partial charge in [0.25, 0.3) is 11.8 Å². The molecule has 58 heavy (non-hydrogen) atoms. The second-order valence-electron chi connectivity index (χ2n) is 12.9. The maximum absolute atomic E-state index is 13.1. The number of ether oxygens (including phenoxy) is 2. The van der Waals surface area contributed by atoms with Crippen LogP contribution in [-0.4, -0.2) is 126 Å². The molecule has 18 nitrogen and oxygen atoms in total. The van der Waals surface area contributed by atoms with Crippen LogP contribution in [0.1, 0.15) is 73.8 Å². The number of urea groups is 1. The number of nitrogens with zero attached hydrogens (tertiary/aromatic N) is 2. The molecule has 19 heteroatoms. The maximum Gasteiger partial charge on any atom is 0.312 e. The van der Waals surface area contributed by atoms with E-state index in [1.54, 1.807) is 27.9 Å². The molecule has 0 bridgehead atoms. The van der Waals surface area contributed by atoms with Gasteiger partial charge in [-0.1, -0.05) is 60.6 Å². The molecule has 0 radical (unpaired) electrons. The number of benzene rings is 1. The summed E-state index contributed by atoms with van der Waals surface area (Å²) in [4.78, 5) is 93.8. The average molecular weight is 840 g/mol. The largest absolute Gasteiger partial charge is 0.380 e. The Hall–Kier alpha value is -4.85. The Morgan fingerprint density at radius 1 is 1.00 bits per heavy atom. The Morgan fingerprint density at radius 2 is 1.59 bits per heavy atom. The Kier molecular flexibility index (Phi) is 31.6. The van der Waals surface area contributed by atoms with Crippen LogP contribution in [0, 0.1) is 11.8 Å². The number of carbonyl (C=O) groups is 8. The molecule has 0 aliphatic carbocycles. The zero-order chi connectivity index (χ0) is 44.6. The summed E-state index contributed by atoms with van der Waals surface area (Å²) in [7, 11) is 1.65. The molecular formula is C39H65N7O11S. The van der Waals surface area contributed by atoms with Gasteiger partial charge in [0.05, 0.1) is 32.4 Å². The fourth-order valence-corrected chi connectivity index (χ4v) is 5.04. The Labute approximate surface area is 347 Å². The van der Waals surface area contributed by atoms with Crippen molar-refractivity contribution in [2.24, 2.45) is 17.6 Å². The number of amides is 8. The van der Waals surface area contributed by atoms with Crippen molar-refractivity contribution in [2.45, 2.75) is 93.0 Å². The highest BCUT2D eigenvalue weighted by Crippen LogP contribution is 2.26. The quantitative estimate of drug-likeness (QED) is 0.0509. The standard InChI is InChI=1S/C20H30N4O7S.C9H11NO2.C4H10N2O.C4H8O.C2H6/c1-4-21-19(28)18(12(2)3)22-15(25)10-23-13(11-31-7-8-32-30)9-14(20(23)29)24-16(26)5-6-17(24)27;1-12-6-8-2-4-9(5-3-8)10-7-11;1-2-3-6-4(5)7;1-4(2)3-5;1-2/h5-6,12-14,18,30H,4,7-11H2,1-3H3,(H,21,28)(H,22,25);2-5,7H,6H2,1H3,(H,10,11);2-3H2,1H3,(H3,5,6,7);3-4H,1-2H3;1-2H3. The van der Waals surface area contributed by atoms with Crippen molar-refractivity contribution in [3.8, 4) is 0 Å². The van der Waals surface area contributed by atoms with Crippen LogP contribution in [0.3, 0.4) is 0 Å². The van der Waals surface area contributed by atoms with Crippen LogP contribution in [0.15, 0.2) is 36.4 Å². The lowest BCUT2D eigenvalue weighted by molar-refractivity contribution is -0.147. The number of rotatable bonds is 19. The Balaban J connectivity index is 0. The number of hydrogen-bond donors (Lipinski definition) is 6. The molecule has 1 aromatic carbocycles. The third kappa shape index (κ3) is 22.8. The number of methoxy groups -OCH3 is 1. The van der Waals surface area contributed by atoms with Gasteiger partial charge in [-0.2, -0.15) is 0 Å². The van der Waals surface area contributed by atoms with Crippen molar-refractivity contribution >= 4 is 66.0 Å². The number of likely N-dealkylation sites (tertiary alicyclic amines) is 1. The minimum Gasteiger partial charge on any atom is -0.380 e. The van der Waals surface area contributed by atoms with Crippen LogP contribution in [0.25, 0.3) is 0 Å². The predicted molar refractivity (Wildman–Crippen MR) is 223 cm³/mol. The number of hydrogen-bond acceptors (Lipinski definition) is 12. The van der Waals surface area contributed by atoms with Crippen LogP contribution < -0.4 is 27.0 Å². The Bertz CT molecular complexity index is 1410. The van der Waals surface area contributed by atoms with Crippen LogP contribution >= 0.6 is 12.0 Å². The number of nitrogens with two attached hydrogens (primary N) is 1. The molecule has 1 fully saturated rings. The topological polar surface area (TPSA) is 256 Å². The van der Waals surface area contributed by atoms with E-state index in [4.69, 9.17) is 19.8 Å². The van der Waals surface area contributed by atoms with Gasteiger partial charge in [0.15, 0.2) is 0 Å². The van der Waals surface area contributed by atoms with E-state index in [2.05, 4.69) is 21.3 Å². The SMILES string of the molecule is CC.CC(C)C=O.CCCNC(N)=O.CCNC(=O)C(NC(=O)CN1C(=O)C(N2C(=O)C=CC2=O)CC1COCCSO)C(C)C.COCc1ccc(NC=O)cc1. The third-order valence-electron chi connectivity index (χ3n) is 7.53. The van der Waals surface area contributed by atoms with E-state index < -0.39 is 47.8 Å². The number of anilines is 1. The minimum absolute atomic E-state index is 0.0731. The molecule has 1 aromatic rings. The summed E-state index contributed by atoms with van der Waals surface area (Å²) in [5, 5.41) is 10.3. The Morgan fingerprint density at radius 3 is 2.02 bits per heavy atom. The van der Waals surface area contributed by atoms with Crippen LogP contribution in [0.5, 0.6) is 0 Å². The number of carbonyl (C=O) groups excluding carboxylic acids is 8. The second-order valence-corrected chi connectivity index (χ2v) is 13.6. The molecule has 3 atom stereocenters. The summed E-state index contributed by atoms with van der Waals surface area (Å²) in [5.41, 5.74) is 6.62. The predicted octanol–water partition coefficient (Wildman–Crippen LogP) is 2.71. The molecule has 0 aromatic heterocycles. The van der Waals surface area contributed by atoms with Gasteiger partial charge in [0, 0.05) is 56.1 Å². The second kappa shape index (κ2) is 33.2. The molecule has 3 rings (SSSR count). The van der Waals surface area contributed by atoms with Crippen molar-refractivity contribution in [2.75, 3.05) is 51.0 Å². The summed E-state index contributed by atoms with van der Waals surface area (Å²) >= 11 is 0.620. The molecule has 0 spiro atoms. The first-order valence-electron chi connectivity index (χ1n) is 19.1. The first kappa shape index (κ1) is 55.2. The lowest BCUT2D eigenvalue weighted by Crippen LogP contribution is -2.53. The van der Waals surface area contributed by atoms with Gasteiger partial charge >= 0.3 is 6.03 Å². The number of likely N-dealkylation sites (N-methyl/N-ethyl adjacent to an activating group) is 1. The third-order valence-corrected chi connectivity index (χ3v) is 7.88. The molecule has 0 saturated carbocycles. The van der Waals surface area contributed by atoms with E-state index >= 15 is 0 Å². The number of nitrogens with one attached hydrogen (secondary N) is 4. The summed E-state index contributed by atoms with van der Waals surface area (Å²) in [6, 6.07) is 4.71. The lowest BCUT2D eigenvalue weighted by atomic mass is 10.0. The van der Waals surface area contributed by atoms with Crippen molar-refractivity contribution in [1.82, 2.24) is 25.8 Å². The summed E-state index contributed by atoms with van der Waals surface area (Å²) in [6.07, 6.45) is 4.85. The molecule has 1 saturated heterocycles. The molecule has 8 amide bonds. The highest BCUT2D eigenvalue weighted by Gasteiger charge is 2.47. The number of aldehydes is 1. The number of imide groups is 1. The van der Waals surface area contributed by atoms with E-state index in [9.17, 15) is 38.4 Å². The van der Waals surface area contributed by atoms with E-state index in [0.717, 1.165) is 41.0 Å². The monoisotopic (exact) mass is 839 g/mol. The molecule has 328 valence electrons. The van der Waals surface area contributed by atoms with Gasteiger partial charge in [-0.25, -0.2) is 4.79 Å². The average Bonchev–Trinajstić information content (AvgIpc) is 3.68. The van der Waals surface area contributed by atoms with Crippen molar-refractivity contribution in [3.05, 3.63) is 42.0 Å². The lowest BCUT2D eigenvalue weighted by Gasteiger charge is -2.26. The van der Waals surface area contributed by atoms with E-state index in [1.807, 2.05) is 58.9 Å². The van der Waals surface area contributed by atoms with Crippen LogP contribution in [-0.2, 0) is 49.6 Å². The maximum atomic E-state index is 13.1. The summed E-state index contributed by atoms with van der Waals surface area (Å²) < 4.78 is 19.3. The zero-order valence-corrected chi connectivity index (χ0v) is 36.1. The van der Waals surface area contributed by atoms with Gasteiger partial charge in [0.2, 0.25) is 24.1 Å². The first-order valence-corrected chi connectivity index (χ1v) is 20.1. The first-order chi connectivity index (χ1) is 27.6. The highest BCUT2D eigenvalue weighted by molar-refractivity contribution is 7.93. The van der Waals surface area contributed by atoms with Crippen LogP contribution in [0.2, 0.25) is 0 Å². The van der Waals surface area contributed by atoms with Gasteiger partial charge in [-0.15, -0.1) is 0 Å². The summed E-state index contributed by atoms with van der Waals surface area (Å²) in [6.45, 7) is 16.7. The smallest absolute Gasteiger partial charge is 0.312 e. The summed E-state index contributed by atoms with van der Waals surface area (Å²) in [5.74, 6) is -2.17. The van der Waals surface area contributed by atoms with Gasteiger partial charge in [-0.3, -0.25) is 33.7 Å². The molecular weight excluding hydrogens is 775 g/mol. The highest BCUT2D eigenvalue weighted by atomic mass is 32.2.